The van der Waals surface area contributed by atoms with Crippen LogP contribution in [0, 0.1) is 6.92 Å². The Morgan fingerprint density at radius 3 is 2.91 bits per heavy atom. The van der Waals surface area contributed by atoms with Gasteiger partial charge in [0, 0.05) is 18.3 Å². The van der Waals surface area contributed by atoms with Crippen molar-refractivity contribution < 1.29 is 23.5 Å². The lowest BCUT2D eigenvalue weighted by Crippen LogP contribution is -2.55. The molecule has 1 aromatic carbocycles. The van der Waals surface area contributed by atoms with Crippen LogP contribution in [0.5, 0.6) is 5.75 Å². The van der Waals surface area contributed by atoms with Crippen LogP contribution in [-0.2, 0) is 16.9 Å². The van der Waals surface area contributed by atoms with E-state index in [9.17, 15) is 14.4 Å². The molecule has 10 nitrogen and oxygen atoms in total. The van der Waals surface area contributed by atoms with Gasteiger partial charge in [-0.05, 0) is 37.1 Å². The maximum absolute atomic E-state index is 13.2. The molecule has 0 radical (unpaired) electrons. The quantitative estimate of drug-likeness (QED) is 0.543. The summed E-state index contributed by atoms with van der Waals surface area (Å²) in [5.74, 6) is 1.38. The van der Waals surface area contributed by atoms with E-state index in [4.69, 9.17) is 9.15 Å². The van der Waals surface area contributed by atoms with Gasteiger partial charge < -0.3 is 19.4 Å². The summed E-state index contributed by atoms with van der Waals surface area (Å²) >= 11 is 0. The van der Waals surface area contributed by atoms with E-state index >= 15 is 0 Å². The number of hydrogen-bond donors (Lipinski definition) is 2. The third kappa shape index (κ3) is 3.75. The zero-order valence-corrected chi connectivity index (χ0v) is 18.0. The van der Waals surface area contributed by atoms with Crippen molar-refractivity contribution in [3.63, 3.8) is 0 Å². The second-order valence-electron chi connectivity index (χ2n) is 7.62. The van der Waals surface area contributed by atoms with Crippen molar-refractivity contribution in [1.82, 2.24) is 25.5 Å². The zero-order chi connectivity index (χ0) is 22.9. The fourth-order valence-electron chi connectivity index (χ4n) is 3.93. The van der Waals surface area contributed by atoms with Gasteiger partial charge in [0.1, 0.15) is 22.9 Å². The van der Waals surface area contributed by atoms with E-state index in [2.05, 4.69) is 20.6 Å². The van der Waals surface area contributed by atoms with Crippen molar-refractivity contribution in [2.45, 2.75) is 32.4 Å². The number of nitrogens with zero attached hydrogens (tertiary/aromatic N) is 3. The first-order chi connectivity index (χ1) is 15.4. The Morgan fingerprint density at radius 2 is 2.19 bits per heavy atom. The molecule has 0 unspecified atom stereocenters. The number of aryl methyl sites for hydroxylation is 1. The summed E-state index contributed by atoms with van der Waals surface area (Å²) in [5, 5.41) is 5.59. The number of methoxy groups -OCH3 is 1. The average molecular weight is 437 g/mol. The molecule has 4 amide bonds. The molecular formula is C22H23N5O5. The lowest BCUT2D eigenvalue weighted by molar-refractivity contribution is -0.108. The number of carbonyl (C=O) groups excluding carboxylic acids is 3. The third-order valence-electron chi connectivity index (χ3n) is 5.67. The Morgan fingerprint density at radius 1 is 1.38 bits per heavy atom. The first-order valence-corrected chi connectivity index (χ1v) is 10.1. The maximum Gasteiger partial charge on any atom is 0.322 e. The van der Waals surface area contributed by atoms with Gasteiger partial charge in [0.15, 0.2) is 0 Å². The molecule has 3 aromatic rings. The van der Waals surface area contributed by atoms with Gasteiger partial charge in [0.05, 0.1) is 19.0 Å². The van der Waals surface area contributed by atoms with Gasteiger partial charge in [-0.2, -0.15) is 4.98 Å². The number of ether oxygens (including phenoxy) is 1. The molecule has 2 aromatic heterocycles. The van der Waals surface area contributed by atoms with Crippen LogP contribution < -0.4 is 15.4 Å². The van der Waals surface area contributed by atoms with Crippen molar-refractivity contribution in [3.8, 4) is 5.75 Å². The Kier molecular flexibility index (Phi) is 5.52. The molecule has 3 heterocycles. The lowest BCUT2D eigenvalue weighted by Gasteiger charge is -2.35. The minimum atomic E-state index is -1.11. The number of nitrogens with one attached hydrogen (secondary N) is 2. The summed E-state index contributed by atoms with van der Waals surface area (Å²) in [6.07, 6.45) is 2.32. The highest BCUT2D eigenvalue weighted by molar-refractivity contribution is 5.99. The topological polar surface area (TPSA) is 127 Å². The number of imide groups is 1. The Hall–Kier alpha value is -3.95. The standard InChI is InChI=1S/C22H23N5O5/c1-4-22(26-21(30)24-12-28,18-7-15-9-23-13(2)25-19(15)32-18)11-27-10-14-5-6-16(31-3)8-17(14)20(27)29/h5-9,12H,4,10-11H2,1-3H3,(H2,24,26,28,30)/t22-/m0/s1. The molecule has 0 saturated heterocycles. The smallest absolute Gasteiger partial charge is 0.322 e. The molecule has 166 valence electrons. The Bertz CT molecular complexity index is 1210. The molecule has 1 atom stereocenters. The minimum Gasteiger partial charge on any atom is -0.497 e. The van der Waals surface area contributed by atoms with Gasteiger partial charge >= 0.3 is 6.03 Å². The van der Waals surface area contributed by atoms with Crippen LogP contribution in [0.1, 0.15) is 40.9 Å². The molecule has 0 bridgehead atoms. The Labute approximate surface area is 184 Å². The average Bonchev–Trinajstić information content (AvgIpc) is 3.34. The molecule has 0 spiro atoms. The van der Waals surface area contributed by atoms with E-state index in [1.54, 1.807) is 43.3 Å². The van der Waals surface area contributed by atoms with Crippen LogP contribution in [0.2, 0.25) is 0 Å². The molecule has 32 heavy (non-hydrogen) atoms. The number of rotatable bonds is 7. The van der Waals surface area contributed by atoms with E-state index in [-0.39, 0.29) is 12.5 Å². The predicted molar refractivity (Wildman–Crippen MR) is 114 cm³/mol. The summed E-state index contributed by atoms with van der Waals surface area (Å²) in [7, 11) is 1.54. The normalized spacial score (nSPS) is 14.7. The van der Waals surface area contributed by atoms with Gasteiger partial charge in [-0.25, -0.2) is 9.78 Å². The van der Waals surface area contributed by atoms with Gasteiger partial charge in [-0.15, -0.1) is 0 Å². The van der Waals surface area contributed by atoms with Crippen molar-refractivity contribution in [3.05, 3.63) is 53.2 Å². The number of carbonyl (C=O) groups is 3. The summed E-state index contributed by atoms with van der Waals surface area (Å²) in [5.41, 5.74) is 0.689. The van der Waals surface area contributed by atoms with E-state index in [1.807, 2.05) is 13.0 Å². The predicted octanol–water partition coefficient (Wildman–Crippen LogP) is 2.26. The largest absolute Gasteiger partial charge is 0.497 e. The molecular weight excluding hydrogens is 414 g/mol. The number of benzene rings is 1. The molecule has 0 aliphatic carbocycles. The van der Waals surface area contributed by atoms with Crippen LogP contribution in [0.15, 0.2) is 34.9 Å². The number of fused-ring (bicyclic) bond motifs is 2. The van der Waals surface area contributed by atoms with Crippen LogP contribution in [0.3, 0.4) is 0 Å². The minimum absolute atomic E-state index is 0.123. The van der Waals surface area contributed by atoms with Crippen molar-refractivity contribution >= 4 is 29.4 Å². The molecule has 4 rings (SSSR count). The number of hydrogen-bond acceptors (Lipinski definition) is 7. The van der Waals surface area contributed by atoms with Gasteiger partial charge in [-0.1, -0.05) is 13.0 Å². The second-order valence-corrected chi connectivity index (χ2v) is 7.62. The van der Waals surface area contributed by atoms with E-state index in [0.717, 1.165) is 5.56 Å². The van der Waals surface area contributed by atoms with E-state index in [1.165, 1.54) is 0 Å². The number of aromatic nitrogens is 2. The SMILES string of the molecule is CC[C@@](CN1Cc2ccc(OC)cc2C1=O)(NC(=O)NC=O)c1cc2cnc(C)nc2o1. The van der Waals surface area contributed by atoms with Gasteiger partial charge in [0.2, 0.25) is 12.1 Å². The first kappa shape index (κ1) is 21.3. The highest BCUT2D eigenvalue weighted by atomic mass is 16.5. The van der Waals surface area contributed by atoms with E-state index < -0.39 is 11.6 Å². The fourth-order valence-corrected chi connectivity index (χ4v) is 3.93. The number of furan rings is 1. The highest BCUT2D eigenvalue weighted by Crippen LogP contribution is 2.34. The zero-order valence-electron chi connectivity index (χ0n) is 18.0. The molecule has 0 fully saturated rings. The summed E-state index contributed by atoms with van der Waals surface area (Å²) < 4.78 is 11.2. The van der Waals surface area contributed by atoms with Crippen LogP contribution in [-0.4, -0.2) is 46.9 Å². The van der Waals surface area contributed by atoms with Crippen LogP contribution in [0.4, 0.5) is 4.79 Å². The maximum atomic E-state index is 13.2. The van der Waals surface area contributed by atoms with Gasteiger partial charge in [0.25, 0.3) is 5.91 Å². The third-order valence-corrected chi connectivity index (χ3v) is 5.67. The molecule has 10 heteroatoms. The number of amides is 4. The monoisotopic (exact) mass is 437 g/mol. The molecule has 1 aliphatic rings. The summed E-state index contributed by atoms with van der Waals surface area (Å²) in [6, 6.07) is 6.41. The van der Waals surface area contributed by atoms with Crippen molar-refractivity contribution in [1.29, 1.82) is 0 Å². The second kappa shape index (κ2) is 8.29. The van der Waals surface area contributed by atoms with Crippen molar-refractivity contribution in [2.24, 2.45) is 0 Å². The molecule has 0 saturated carbocycles. The van der Waals surface area contributed by atoms with E-state index in [0.29, 0.717) is 53.4 Å². The lowest BCUT2D eigenvalue weighted by atomic mass is 9.91. The fraction of sp³-hybridized carbons (Fsp3) is 0.318. The van der Waals surface area contributed by atoms with Crippen LogP contribution >= 0.6 is 0 Å². The van der Waals surface area contributed by atoms with Gasteiger partial charge in [-0.3, -0.25) is 14.9 Å². The number of urea groups is 1. The Balaban J connectivity index is 1.72. The highest BCUT2D eigenvalue weighted by Gasteiger charge is 2.41. The van der Waals surface area contributed by atoms with Crippen LogP contribution in [0.25, 0.3) is 11.1 Å². The molecule has 1 aliphatic heterocycles. The molecule has 2 N–H and O–H groups in total. The summed E-state index contributed by atoms with van der Waals surface area (Å²) in [6.45, 7) is 4.11. The van der Waals surface area contributed by atoms with Crippen molar-refractivity contribution in [2.75, 3.05) is 13.7 Å². The first-order valence-electron chi connectivity index (χ1n) is 10.1. The summed E-state index contributed by atoms with van der Waals surface area (Å²) in [4.78, 5) is 46.5.